The molecular formula is C15H22ClN3. The number of nitrogens with zero attached hydrogens (tertiary/aromatic N) is 2. The monoisotopic (exact) mass is 279 g/mol. The Kier molecular flexibility index (Phi) is 6.86. The van der Waals surface area contributed by atoms with Gasteiger partial charge in [0.05, 0.1) is 11.6 Å². The third-order valence-electron chi connectivity index (χ3n) is 3.24. The normalized spacial score (nSPS) is 11.0. The minimum absolute atomic E-state index is 0.591. The van der Waals surface area contributed by atoms with E-state index in [1.807, 2.05) is 6.07 Å². The van der Waals surface area contributed by atoms with Crippen molar-refractivity contribution in [2.75, 3.05) is 20.1 Å². The van der Waals surface area contributed by atoms with Crippen molar-refractivity contribution in [2.24, 2.45) is 0 Å². The summed E-state index contributed by atoms with van der Waals surface area (Å²) < 4.78 is 0. The van der Waals surface area contributed by atoms with Gasteiger partial charge < -0.3 is 10.2 Å². The summed E-state index contributed by atoms with van der Waals surface area (Å²) in [5, 5.41) is 12.8. The molecule has 3 nitrogen and oxygen atoms in total. The zero-order chi connectivity index (χ0) is 14.3. The molecule has 0 amide bonds. The summed E-state index contributed by atoms with van der Waals surface area (Å²) in [6, 6.07) is 8.10. The molecule has 1 rings (SSSR count). The second-order valence-corrected chi connectivity index (χ2v) is 5.43. The van der Waals surface area contributed by atoms with Crippen LogP contribution in [0.2, 0.25) is 5.02 Å². The van der Waals surface area contributed by atoms with E-state index in [4.69, 9.17) is 16.9 Å². The summed E-state index contributed by atoms with van der Waals surface area (Å²) in [6.07, 6.45) is 1.11. The van der Waals surface area contributed by atoms with Crippen LogP contribution >= 0.6 is 11.6 Å². The van der Waals surface area contributed by atoms with E-state index in [1.54, 1.807) is 12.1 Å². The van der Waals surface area contributed by atoms with Crippen LogP contribution in [-0.4, -0.2) is 31.1 Å². The van der Waals surface area contributed by atoms with Gasteiger partial charge in [0, 0.05) is 17.6 Å². The average Bonchev–Trinajstić information content (AvgIpc) is 2.39. The summed E-state index contributed by atoms with van der Waals surface area (Å²) in [4.78, 5) is 2.33. The van der Waals surface area contributed by atoms with Crippen molar-refractivity contribution in [3.05, 3.63) is 34.3 Å². The molecule has 0 aliphatic heterocycles. The lowest BCUT2D eigenvalue weighted by Crippen LogP contribution is -2.29. The third-order valence-corrected chi connectivity index (χ3v) is 3.60. The van der Waals surface area contributed by atoms with E-state index in [0.29, 0.717) is 16.6 Å². The Morgan fingerprint density at radius 1 is 1.42 bits per heavy atom. The molecule has 19 heavy (non-hydrogen) atoms. The average molecular weight is 280 g/mol. The first-order chi connectivity index (χ1) is 9.04. The second-order valence-electron chi connectivity index (χ2n) is 5.02. The van der Waals surface area contributed by atoms with Gasteiger partial charge in [-0.25, -0.2) is 0 Å². The Bertz CT molecular complexity index is 438. The Labute approximate surface area is 121 Å². The first kappa shape index (κ1) is 16.0. The van der Waals surface area contributed by atoms with Gasteiger partial charge in [-0.3, -0.25) is 0 Å². The standard InChI is InChI=1S/C15H22ClN3/c1-12(2)19(3)8-4-7-18-11-14-6-5-13(10-17)9-15(14)16/h5-6,9,12,18H,4,7-8,11H2,1-3H3. The SMILES string of the molecule is CC(C)N(C)CCCNCc1ccc(C#N)cc1Cl. The van der Waals surface area contributed by atoms with Crippen molar-refractivity contribution in [1.82, 2.24) is 10.2 Å². The predicted molar refractivity (Wildman–Crippen MR) is 80.3 cm³/mol. The van der Waals surface area contributed by atoms with Gasteiger partial charge in [0.2, 0.25) is 0 Å². The van der Waals surface area contributed by atoms with Crippen molar-refractivity contribution in [2.45, 2.75) is 32.9 Å². The van der Waals surface area contributed by atoms with E-state index in [2.05, 4.69) is 37.2 Å². The van der Waals surface area contributed by atoms with Gasteiger partial charge in [0.15, 0.2) is 0 Å². The maximum atomic E-state index is 8.77. The van der Waals surface area contributed by atoms with E-state index in [0.717, 1.165) is 31.6 Å². The molecule has 0 aliphatic rings. The number of nitriles is 1. The molecule has 104 valence electrons. The predicted octanol–water partition coefficient (Wildman–Crippen LogP) is 3.03. The molecule has 0 atom stereocenters. The molecule has 0 aromatic heterocycles. The number of nitrogens with one attached hydrogen (secondary N) is 1. The van der Waals surface area contributed by atoms with E-state index in [1.165, 1.54) is 0 Å². The van der Waals surface area contributed by atoms with Gasteiger partial charge in [0.1, 0.15) is 0 Å². The summed E-state index contributed by atoms with van der Waals surface area (Å²) >= 11 is 6.11. The summed E-state index contributed by atoms with van der Waals surface area (Å²) in [5.41, 5.74) is 1.64. The van der Waals surface area contributed by atoms with Crippen LogP contribution in [-0.2, 0) is 6.54 Å². The van der Waals surface area contributed by atoms with Crippen LogP contribution in [0.1, 0.15) is 31.4 Å². The van der Waals surface area contributed by atoms with Crippen LogP contribution in [0.3, 0.4) is 0 Å². The fourth-order valence-electron chi connectivity index (χ4n) is 1.69. The zero-order valence-electron chi connectivity index (χ0n) is 11.9. The quantitative estimate of drug-likeness (QED) is 0.780. The van der Waals surface area contributed by atoms with Crippen LogP contribution in [0, 0.1) is 11.3 Å². The molecule has 0 spiro atoms. The number of benzene rings is 1. The summed E-state index contributed by atoms with van der Waals surface area (Å²) in [7, 11) is 2.14. The highest BCUT2D eigenvalue weighted by molar-refractivity contribution is 6.31. The number of hydrogen-bond donors (Lipinski definition) is 1. The molecule has 0 unspecified atom stereocenters. The smallest absolute Gasteiger partial charge is 0.0992 e. The van der Waals surface area contributed by atoms with Gasteiger partial charge in [-0.05, 0) is 58.1 Å². The second kappa shape index (κ2) is 8.16. The maximum absolute atomic E-state index is 8.77. The molecule has 1 aromatic rings. The van der Waals surface area contributed by atoms with Crippen LogP contribution in [0.5, 0.6) is 0 Å². The van der Waals surface area contributed by atoms with E-state index in [9.17, 15) is 0 Å². The Balaban J connectivity index is 2.28. The minimum atomic E-state index is 0.591. The van der Waals surface area contributed by atoms with Crippen LogP contribution in [0.15, 0.2) is 18.2 Å². The van der Waals surface area contributed by atoms with Crippen molar-refractivity contribution < 1.29 is 0 Å². The van der Waals surface area contributed by atoms with Crippen LogP contribution < -0.4 is 5.32 Å². The summed E-state index contributed by atoms with van der Waals surface area (Å²) in [6.45, 7) is 7.20. The molecule has 1 aromatic carbocycles. The molecule has 0 heterocycles. The van der Waals surface area contributed by atoms with Crippen LogP contribution in [0.25, 0.3) is 0 Å². The molecule has 0 bridgehead atoms. The largest absolute Gasteiger partial charge is 0.313 e. The topological polar surface area (TPSA) is 39.1 Å². The zero-order valence-corrected chi connectivity index (χ0v) is 12.7. The fraction of sp³-hybridized carbons (Fsp3) is 0.533. The van der Waals surface area contributed by atoms with Gasteiger partial charge in [-0.2, -0.15) is 5.26 Å². The fourth-order valence-corrected chi connectivity index (χ4v) is 1.94. The molecule has 1 N–H and O–H groups in total. The van der Waals surface area contributed by atoms with Crippen molar-refractivity contribution in [3.63, 3.8) is 0 Å². The van der Waals surface area contributed by atoms with Gasteiger partial charge in [-0.15, -0.1) is 0 Å². The highest BCUT2D eigenvalue weighted by Crippen LogP contribution is 2.17. The molecule has 0 aliphatic carbocycles. The van der Waals surface area contributed by atoms with Gasteiger partial charge in [-0.1, -0.05) is 17.7 Å². The Morgan fingerprint density at radius 2 is 2.16 bits per heavy atom. The van der Waals surface area contributed by atoms with Crippen molar-refractivity contribution in [3.8, 4) is 6.07 Å². The van der Waals surface area contributed by atoms with Gasteiger partial charge >= 0.3 is 0 Å². The van der Waals surface area contributed by atoms with E-state index < -0.39 is 0 Å². The lowest BCUT2D eigenvalue weighted by molar-refractivity contribution is 0.269. The maximum Gasteiger partial charge on any atom is 0.0992 e. The van der Waals surface area contributed by atoms with Gasteiger partial charge in [0.25, 0.3) is 0 Å². The Hall–Kier alpha value is -1.08. The van der Waals surface area contributed by atoms with E-state index >= 15 is 0 Å². The third kappa shape index (κ3) is 5.61. The Morgan fingerprint density at radius 3 is 2.74 bits per heavy atom. The number of halogens is 1. The highest BCUT2D eigenvalue weighted by atomic mass is 35.5. The first-order valence-electron chi connectivity index (χ1n) is 6.64. The molecular weight excluding hydrogens is 258 g/mol. The molecule has 0 radical (unpaired) electrons. The molecule has 0 saturated carbocycles. The first-order valence-corrected chi connectivity index (χ1v) is 7.02. The summed E-state index contributed by atoms with van der Waals surface area (Å²) in [5.74, 6) is 0. The lowest BCUT2D eigenvalue weighted by Gasteiger charge is -2.20. The molecule has 4 heteroatoms. The van der Waals surface area contributed by atoms with Crippen LogP contribution in [0.4, 0.5) is 0 Å². The lowest BCUT2D eigenvalue weighted by atomic mass is 10.1. The highest BCUT2D eigenvalue weighted by Gasteiger charge is 2.03. The molecule has 0 saturated heterocycles. The van der Waals surface area contributed by atoms with Crippen molar-refractivity contribution >= 4 is 11.6 Å². The minimum Gasteiger partial charge on any atom is -0.313 e. The number of rotatable bonds is 7. The van der Waals surface area contributed by atoms with Crippen molar-refractivity contribution in [1.29, 1.82) is 5.26 Å². The molecule has 0 fully saturated rings. The van der Waals surface area contributed by atoms with E-state index in [-0.39, 0.29) is 0 Å². The number of hydrogen-bond acceptors (Lipinski definition) is 3.